The molecule has 1 heterocycles. The van der Waals surface area contributed by atoms with Gasteiger partial charge in [-0.25, -0.2) is 8.42 Å². The number of nitrogens with one attached hydrogen (secondary N) is 1. The molecule has 2 N–H and O–H groups in total. The molecule has 0 amide bonds. The molecule has 2 rings (SSSR count). The Bertz CT molecular complexity index is 654. The van der Waals surface area contributed by atoms with E-state index in [1.807, 2.05) is 0 Å². The zero-order valence-electron chi connectivity index (χ0n) is 12.2. The van der Waals surface area contributed by atoms with Crippen LogP contribution in [0.1, 0.15) is 19.8 Å². The van der Waals surface area contributed by atoms with Gasteiger partial charge in [0.2, 0.25) is 10.0 Å². The SMILES string of the molecule is C[C@H](O)CNc1ccc(S(=O)(=O)N2CCCC2)cc1[N+](=O)[O-]. The lowest BCUT2D eigenvalue weighted by Crippen LogP contribution is -2.28. The van der Waals surface area contributed by atoms with Crippen LogP contribution in [0.5, 0.6) is 0 Å². The Morgan fingerprint density at radius 3 is 2.59 bits per heavy atom. The van der Waals surface area contributed by atoms with E-state index in [0.29, 0.717) is 13.1 Å². The normalized spacial score (nSPS) is 17.4. The molecule has 0 aromatic heterocycles. The molecule has 1 atom stereocenters. The minimum Gasteiger partial charge on any atom is -0.392 e. The van der Waals surface area contributed by atoms with Crippen LogP contribution in [0.3, 0.4) is 0 Å². The molecule has 1 aromatic rings. The number of hydrogen-bond acceptors (Lipinski definition) is 6. The monoisotopic (exact) mass is 329 g/mol. The van der Waals surface area contributed by atoms with E-state index in [1.54, 1.807) is 6.92 Å². The highest BCUT2D eigenvalue weighted by Crippen LogP contribution is 2.30. The van der Waals surface area contributed by atoms with Crippen molar-refractivity contribution in [1.82, 2.24) is 4.31 Å². The molecule has 0 radical (unpaired) electrons. The fourth-order valence-electron chi connectivity index (χ4n) is 2.31. The maximum absolute atomic E-state index is 12.4. The van der Waals surface area contributed by atoms with Gasteiger partial charge in [-0.1, -0.05) is 0 Å². The van der Waals surface area contributed by atoms with Crippen molar-refractivity contribution in [2.75, 3.05) is 25.0 Å². The van der Waals surface area contributed by atoms with Crippen molar-refractivity contribution in [1.29, 1.82) is 0 Å². The van der Waals surface area contributed by atoms with Crippen molar-refractivity contribution in [2.45, 2.75) is 30.8 Å². The minimum absolute atomic E-state index is 0.0799. The topological polar surface area (TPSA) is 113 Å². The number of hydrogen-bond donors (Lipinski definition) is 2. The average Bonchev–Trinajstić information content (AvgIpc) is 2.99. The summed E-state index contributed by atoms with van der Waals surface area (Å²) in [7, 11) is -3.69. The van der Waals surface area contributed by atoms with E-state index in [0.717, 1.165) is 18.9 Å². The summed E-state index contributed by atoms with van der Waals surface area (Å²) >= 11 is 0. The summed E-state index contributed by atoms with van der Waals surface area (Å²) in [5.41, 5.74) is -0.132. The Hall–Kier alpha value is -1.71. The third-order valence-corrected chi connectivity index (χ3v) is 5.35. The number of sulfonamides is 1. The number of anilines is 1. The van der Waals surface area contributed by atoms with Crippen molar-refractivity contribution >= 4 is 21.4 Å². The van der Waals surface area contributed by atoms with Crippen molar-refractivity contribution in [2.24, 2.45) is 0 Å². The molecule has 122 valence electrons. The lowest BCUT2D eigenvalue weighted by molar-refractivity contribution is -0.384. The van der Waals surface area contributed by atoms with Crippen LogP contribution in [0.25, 0.3) is 0 Å². The molecule has 0 spiro atoms. The predicted octanol–water partition coefficient (Wildman–Crippen LogP) is 1.17. The number of nitro groups is 1. The first-order chi connectivity index (χ1) is 10.3. The van der Waals surface area contributed by atoms with Gasteiger partial charge in [0.15, 0.2) is 0 Å². The third kappa shape index (κ3) is 3.54. The fourth-order valence-corrected chi connectivity index (χ4v) is 3.85. The molecular weight excluding hydrogens is 310 g/mol. The number of aliphatic hydroxyl groups is 1. The Balaban J connectivity index is 2.34. The first kappa shape index (κ1) is 16.7. The van der Waals surface area contributed by atoms with Gasteiger partial charge in [0.1, 0.15) is 5.69 Å². The Kier molecular flexibility index (Phi) is 4.99. The maximum Gasteiger partial charge on any atom is 0.293 e. The first-order valence-electron chi connectivity index (χ1n) is 7.03. The van der Waals surface area contributed by atoms with Crippen LogP contribution >= 0.6 is 0 Å². The number of benzene rings is 1. The van der Waals surface area contributed by atoms with Gasteiger partial charge in [-0.2, -0.15) is 4.31 Å². The molecule has 1 fully saturated rings. The van der Waals surface area contributed by atoms with Crippen LogP contribution in [-0.2, 0) is 10.0 Å². The Morgan fingerprint density at radius 1 is 1.41 bits per heavy atom. The van der Waals surface area contributed by atoms with E-state index in [1.165, 1.54) is 16.4 Å². The molecule has 22 heavy (non-hydrogen) atoms. The second-order valence-corrected chi connectivity index (χ2v) is 7.22. The third-order valence-electron chi connectivity index (χ3n) is 3.46. The van der Waals surface area contributed by atoms with E-state index in [-0.39, 0.29) is 22.8 Å². The van der Waals surface area contributed by atoms with Gasteiger partial charge < -0.3 is 10.4 Å². The molecule has 9 heteroatoms. The molecule has 0 saturated carbocycles. The summed E-state index contributed by atoms with van der Waals surface area (Å²) in [5.74, 6) is 0. The second-order valence-electron chi connectivity index (χ2n) is 5.28. The highest BCUT2D eigenvalue weighted by Gasteiger charge is 2.29. The Labute approximate surface area is 128 Å². The molecule has 0 aliphatic carbocycles. The van der Waals surface area contributed by atoms with Gasteiger partial charge in [0, 0.05) is 25.7 Å². The predicted molar refractivity (Wildman–Crippen MR) is 81.3 cm³/mol. The molecule has 1 saturated heterocycles. The van der Waals surface area contributed by atoms with Gasteiger partial charge in [-0.15, -0.1) is 0 Å². The molecular formula is C13H19N3O5S. The number of nitrogens with zero attached hydrogens (tertiary/aromatic N) is 2. The van der Waals surface area contributed by atoms with Crippen molar-refractivity contribution in [3.05, 3.63) is 28.3 Å². The zero-order valence-corrected chi connectivity index (χ0v) is 13.0. The van der Waals surface area contributed by atoms with E-state index >= 15 is 0 Å². The smallest absolute Gasteiger partial charge is 0.293 e. The summed E-state index contributed by atoms with van der Waals surface area (Å²) in [4.78, 5) is 10.5. The van der Waals surface area contributed by atoms with Gasteiger partial charge in [-0.3, -0.25) is 10.1 Å². The average molecular weight is 329 g/mol. The summed E-state index contributed by atoms with van der Waals surface area (Å²) in [6, 6.07) is 3.78. The fraction of sp³-hybridized carbons (Fsp3) is 0.538. The summed E-state index contributed by atoms with van der Waals surface area (Å²) in [6.07, 6.45) is 0.928. The molecule has 8 nitrogen and oxygen atoms in total. The van der Waals surface area contributed by atoms with E-state index in [4.69, 9.17) is 0 Å². The molecule has 0 bridgehead atoms. The van der Waals surface area contributed by atoms with E-state index in [2.05, 4.69) is 5.32 Å². The van der Waals surface area contributed by atoms with Gasteiger partial charge in [0.05, 0.1) is 15.9 Å². The molecule has 0 unspecified atom stereocenters. The van der Waals surface area contributed by atoms with Crippen LogP contribution in [0.4, 0.5) is 11.4 Å². The summed E-state index contributed by atoms with van der Waals surface area (Å²) < 4.78 is 26.2. The number of aliphatic hydroxyl groups excluding tert-OH is 1. The second kappa shape index (κ2) is 6.59. The lowest BCUT2D eigenvalue weighted by atomic mass is 10.2. The van der Waals surface area contributed by atoms with Gasteiger partial charge in [0.25, 0.3) is 5.69 Å². The van der Waals surface area contributed by atoms with Gasteiger partial charge in [-0.05, 0) is 31.9 Å². The highest BCUT2D eigenvalue weighted by molar-refractivity contribution is 7.89. The van der Waals surface area contributed by atoms with E-state index in [9.17, 15) is 23.6 Å². The van der Waals surface area contributed by atoms with Crippen LogP contribution in [0.2, 0.25) is 0 Å². The molecule has 1 aliphatic rings. The molecule has 1 aromatic carbocycles. The summed E-state index contributed by atoms with van der Waals surface area (Å²) in [5, 5.41) is 23.1. The largest absolute Gasteiger partial charge is 0.392 e. The quantitative estimate of drug-likeness (QED) is 0.598. The highest BCUT2D eigenvalue weighted by atomic mass is 32.2. The first-order valence-corrected chi connectivity index (χ1v) is 8.47. The molecule has 1 aliphatic heterocycles. The van der Waals surface area contributed by atoms with Crippen LogP contribution < -0.4 is 5.32 Å². The number of nitro benzene ring substituents is 1. The van der Waals surface area contributed by atoms with Crippen molar-refractivity contribution < 1.29 is 18.4 Å². The summed E-state index contributed by atoms with van der Waals surface area (Å²) in [6.45, 7) is 2.57. The number of rotatable bonds is 6. The Morgan fingerprint density at radius 2 is 2.05 bits per heavy atom. The van der Waals surface area contributed by atoms with E-state index < -0.39 is 21.1 Å². The van der Waals surface area contributed by atoms with Crippen LogP contribution in [-0.4, -0.2) is 48.5 Å². The lowest BCUT2D eigenvalue weighted by Gasteiger charge is -2.16. The van der Waals surface area contributed by atoms with Crippen molar-refractivity contribution in [3.63, 3.8) is 0 Å². The zero-order chi connectivity index (χ0) is 16.3. The minimum atomic E-state index is -3.69. The van der Waals surface area contributed by atoms with Gasteiger partial charge >= 0.3 is 0 Å². The van der Waals surface area contributed by atoms with Crippen molar-refractivity contribution in [3.8, 4) is 0 Å². The standard InChI is InChI=1S/C13H19N3O5S/c1-10(17)9-14-12-5-4-11(8-13(12)16(18)19)22(20,21)15-6-2-3-7-15/h4-5,8,10,14,17H,2-3,6-7,9H2,1H3/t10-/m0/s1. The maximum atomic E-state index is 12.4. The van der Waals surface area contributed by atoms with Crippen LogP contribution in [0, 0.1) is 10.1 Å². The van der Waals surface area contributed by atoms with Crippen LogP contribution in [0.15, 0.2) is 23.1 Å².